The second-order valence-corrected chi connectivity index (χ2v) is 10.8. The maximum absolute atomic E-state index is 13.3. The Morgan fingerprint density at radius 1 is 1.13 bits per heavy atom. The summed E-state index contributed by atoms with van der Waals surface area (Å²) in [4.78, 5) is 49.3. The first kappa shape index (κ1) is 26.0. The number of nitrogens with zero attached hydrogens (tertiary/aromatic N) is 5. The second kappa shape index (κ2) is 11.4. The summed E-state index contributed by atoms with van der Waals surface area (Å²) in [6.07, 6.45) is 7.95. The van der Waals surface area contributed by atoms with Gasteiger partial charge < -0.3 is 5.11 Å². The minimum Gasteiger partial charge on any atom is -0.481 e. The number of carboxylic acid groups (broad SMARTS) is 1. The molecule has 1 atom stereocenters. The monoisotopic (exact) mass is 533 g/mol. The van der Waals surface area contributed by atoms with Crippen LogP contribution in [0.5, 0.6) is 0 Å². The van der Waals surface area contributed by atoms with Gasteiger partial charge in [-0.2, -0.15) is 9.36 Å². The highest BCUT2D eigenvalue weighted by molar-refractivity contribution is 7.10. The minimum atomic E-state index is -0.963. The summed E-state index contributed by atoms with van der Waals surface area (Å²) in [5.41, 5.74) is 2.56. The average Bonchev–Trinajstić information content (AvgIpc) is 3.70. The van der Waals surface area contributed by atoms with Gasteiger partial charge in [0.1, 0.15) is 5.82 Å². The van der Waals surface area contributed by atoms with Gasteiger partial charge in [0, 0.05) is 54.8 Å². The highest BCUT2D eigenvalue weighted by atomic mass is 32.1. The lowest BCUT2D eigenvalue weighted by atomic mass is 9.90. The van der Waals surface area contributed by atoms with Crippen molar-refractivity contribution in [1.82, 2.24) is 14.3 Å². The zero-order valence-electron chi connectivity index (χ0n) is 21.4. The van der Waals surface area contributed by atoms with Crippen LogP contribution in [0.1, 0.15) is 51.4 Å². The maximum atomic E-state index is 13.3. The van der Waals surface area contributed by atoms with Crippen LogP contribution in [0.3, 0.4) is 0 Å². The molecule has 0 radical (unpaired) electrons. The van der Waals surface area contributed by atoms with E-state index in [-0.39, 0.29) is 18.2 Å². The van der Waals surface area contributed by atoms with E-state index in [1.165, 1.54) is 4.90 Å². The number of anilines is 2. The van der Waals surface area contributed by atoms with Crippen molar-refractivity contribution in [1.29, 1.82) is 0 Å². The van der Waals surface area contributed by atoms with Gasteiger partial charge in [0.2, 0.25) is 16.9 Å². The number of hydrogen-bond donors (Lipinski definition) is 1. The van der Waals surface area contributed by atoms with Crippen molar-refractivity contribution >= 4 is 40.3 Å². The highest BCUT2D eigenvalue weighted by Gasteiger charge is 2.31. The lowest BCUT2D eigenvalue weighted by Crippen LogP contribution is -2.35. The van der Waals surface area contributed by atoms with Crippen molar-refractivity contribution in [2.45, 2.75) is 51.4 Å². The first-order valence-corrected chi connectivity index (χ1v) is 13.9. The number of aliphatic carboxylic acids is 1. The van der Waals surface area contributed by atoms with Crippen molar-refractivity contribution in [2.75, 3.05) is 23.4 Å². The molecule has 198 valence electrons. The van der Waals surface area contributed by atoms with E-state index < -0.39 is 11.9 Å². The first-order chi connectivity index (χ1) is 18.4. The third-order valence-electron chi connectivity index (χ3n) is 7.47. The average molecular weight is 534 g/mol. The van der Waals surface area contributed by atoms with E-state index in [9.17, 15) is 19.5 Å². The van der Waals surface area contributed by atoms with Gasteiger partial charge in [0.15, 0.2) is 5.82 Å². The lowest BCUT2D eigenvalue weighted by molar-refractivity contribution is -0.140. The molecule has 1 aliphatic heterocycles. The number of carbonyl (C=O) groups is 3. The maximum Gasteiger partial charge on any atom is 0.304 e. The van der Waals surface area contributed by atoms with Crippen LogP contribution in [-0.4, -0.2) is 50.8 Å². The second-order valence-electron chi connectivity index (χ2n) is 10.1. The van der Waals surface area contributed by atoms with E-state index in [2.05, 4.69) is 14.3 Å². The molecule has 1 N–H and O–H groups in total. The van der Waals surface area contributed by atoms with Gasteiger partial charge in [-0.05, 0) is 36.5 Å². The summed E-state index contributed by atoms with van der Waals surface area (Å²) < 4.78 is 4.54. The molecular weight excluding hydrogens is 502 g/mol. The Morgan fingerprint density at radius 2 is 1.89 bits per heavy atom. The van der Waals surface area contributed by atoms with Gasteiger partial charge in [-0.25, -0.2) is 4.98 Å². The molecule has 1 aromatic carbocycles. The molecule has 38 heavy (non-hydrogen) atoms. The SMILES string of the molecule is CN(C(=O)[C@@H](CC(=O)O)CC1CCCC1)c1nc(-c2ccccc2-c2ccc(N3CCCC3=O)nc2)ns1. The zero-order chi connectivity index (χ0) is 26.6. The van der Waals surface area contributed by atoms with Gasteiger partial charge >= 0.3 is 5.97 Å². The number of carbonyl (C=O) groups excluding carboxylic acids is 2. The molecule has 3 heterocycles. The Hall–Kier alpha value is -3.66. The van der Waals surface area contributed by atoms with Crippen molar-refractivity contribution in [3.63, 3.8) is 0 Å². The number of amides is 2. The van der Waals surface area contributed by atoms with Crippen LogP contribution in [0.4, 0.5) is 10.9 Å². The molecule has 2 aliphatic rings. The molecule has 0 bridgehead atoms. The van der Waals surface area contributed by atoms with E-state index in [0.29, 0.717) is 42.1 Å². The van der Waals surface area contributed by atoms with E-state index in [1.807, 2.05) is 36.4 Å². The standard InChI is InChI=1S/C28H31N5O4S/c1-32(27(37)20(16-25(35)36)15-18-7-2-3-8-18)28-30-26(31-38-28)22-10-5-4-9-21(22)19-12-13-23(29-17-19)33-14-6-11-24(33)34/h4-5,9-10,12-13,17-18,20H,2-3,6-8,11,14-16H2,1H3,(H,35,36)/t20-/m1/s1. The molecule has 0 spiro atoms. The molecule has 1 aliphatic carbocycles. The van der Waals surface area contributed by atoms with Crippen LogP contribution in [0.2, 0.25) is 0 Å². The van der Waals surface area contributed by atoms with Crippen LogP contribution in [0, 0.1) is 11.8 Å². The Balaban J connectivity index is 1.36. The van der Waals surface area contributed by atoms with E-state index in [4.69, 9.17) is 0 Å². The van der Waals surface area contributed by atoms with Crippen LogP contribution in [0.15, 0.2) is 42.6 Å². The van der Waals surface area contributed by atoms with Crippen molar-refractivity contribution in [3.05, 3.63) is 42.6 Å². The fraction of sp³-hybridized carbons (Fsp3) is 0.429. The Morgan fingerprint density at radius 3 is 2.55 bits per heavy atom. The summed E-state index contributed by atoms with van der Waals surface area (Å²) in [5.74, 6) is -0.134. The Bertz CT molecular complexity index is 1320. The number of aromatic nitrogens is 3. The van der Waals surface area contributed by atoms with Crippen molar-refractivity contribution < 1.29 is 19.5 Å². The van der Waals surface area contributed by atoms with Gasteiger partial charge in [-0.1, -0.05) is 49.9 Å². The number of rotatable bonds is 9. The number of pyridine rings is 1. The molecule has 2 fully saturated rings. The molecule has 1 saturated carbocycles. The van der Waals surface area contributed by atoms with Crippen LogP contribution >= 0.6 is 11.5 Å². The van der Waals surface area contributed by atoms with E-state index in [1.54, 1.807) is 18.1 Å². The van der Waals surface area contributed by atoms with Crippen LogP contribution in [-0.2, 0) is 14.4 Å². The Labute approximate surface area is 225 Å². The predicted octanol–water partition coefficient (Wildman–Crippen LogP) is 5.03. The summed E-state index contributed by atoms with van der Waals surface area (Å²) in [6.45, 7) is 0.688. The number of hydrogen-bond acceptors (Lipinski definition) is 7. The zero-order valence-corrected chi connectivity index (χ0v) is 22.2. The van der Waals surface area contributed by atoms with Gasteiger partial charge in [-0.3, -0.25) is 24.2 Å². The quantitative estimate of drug-likeness (QED) is 0.410. The minimum absolute atomic E-state index is 0.0948. The molecule has 2 amide bonds. The molecule has 1 saturated heterocycles. The molecule has 0 unspecified atom stereocenters. The van der Waals surface area contributed by atoms with Gasteiger partial charge in [0.05, 0.1) is 6.42 Å². The molecule has 9 nitrogen and oxygen atoms in total. The summed E-state index contributed by atoms with van der Waals surface area (Å²) in [5, 5.41) is 9.85. The van der Waals surface area contributed by atoms with Crippen molar-refractivity contribution in [2.24, 2.45) is 11.8 Å². The molecule has 10 heteroatoms. The third kappa shape index (κ3) is 5.60. The summed E-state index contributed by atoms with van der Waals surface area (Å²) in [6, 6.07) is 11.5. The summed E-state index contributed by atoms with van der Waals surface area (Å²) >= 11 is 1.12. The summed E-state index contributed by atoms with van der Waals surface area (Å²) in [7, 11) is 1.64. The highest BCUT2D eigenvalue weighted by Crippen LogP contribution is 2.35. The van der Waals surface area contributed by atoms with Crippen LogP contribution in [0.25, 0.3) is 22.5 Å². The molecule has 5 rings (SSSR count). The fourth-order valence-corrected chi connectivity index (χ4v) is 6.13. The van der Waals surface area contributed by atoms with Crippen LogP contribution < -0.4 is 9.80 Å². The third-order valence-corrected chi connectivity index (χ3v) is 8.27. The molecule has 3 aromatic rings. The fourth-order valence-electron chi connectivity index (χ4n) is 5.49. The first-order valence-electron chi connectivity index (χ1n) is 13.1. The van der Waals surface area contributed by atoms with Gasteiger partial charge in [-0.15, -0.1) is 0 Å². The topological polar surface area (TPSA) is 117 Å². The largest absolute Gasteiger partial charge is 0.481 e. The van der Waals surface area contributed by atoms with Crippen molar-refractivity contribution in [3.8, 4) is 22.5 Å². The number of benzene rings is 1. The predicted molar refractivity (Wildman–Crippen MR) is 146 cm³/mol. The normalized spacial score (nSPS) is 16.7. The lowest BCUT2D eigenvalue weighted by Gasteiger charge is -2.22. The molecular formula is C28H31N5O4S. The smallest absolute Gasteiger partial charge is 0.304 e. The Kier molecular flexibility index (Phi) is 7.78. The van der Waals surface area contributed by atoms with E-state index in [0.717, 1.165) is 60.3 Å². The van der Waals surface area contributed by atoms with E-state index >= 15 is 0 Å². The molecule has 2 aromatic heterocycles. The number of carboxylic acids is 1. The van der Waals surface area contributed by atoms with Gasteiger partial charge in [0.25, 0.3) is 0 Å².